The van der Waals surface area contributed by atoms with Crippen molar-refractivity contribution in [2.45, 2.75) is 17.9 Å². The van der Waals surface area contributed by atoms with Gasteiger partial charge in [-0.3, -0.25) is 4.90 Å². The molecule has 2 heterocycles. The second-order valence-corrected chi connectivity index (χ2v) is 9.67. The van der Waals surface area contributed by atoms with Crippen molar-refractivity contribution < 1.29 is 12.8 Å². The van der Waals surface area contributed by atoms with E-state index in [9.17, 15) is 8.42 Å². The molecule has 2 aromatic carbocycles. The standard InChI is InChI=1S/C20H20Cl2N4O3S/c1-14(19-23-24-20(29-19)15-6-3-2-4-7-15)25-10-12-26(13-11-25)30(27,28)18-16(21)8-5-9-17(18)22/h2-9,14H,10-13H2,1H3. The van der Waals surface area contributed by atoms with Gasteiger partial charge in [0.15, 0.2) is 0 Å². The van der Waals surface area contributed by atoms with Crippen LogP contribution in [0.3, 0.4) is 0 Å². The Morgan fingerprint density at radius 1 is 0.933 bits per heavy atom. The Labute approximate surface area is 185 Å². The van der Waals surface area contributed by atoms with E-state index < -0.39 is 10.0 Å². The fourth-order valence-corrected chi connectivity index (χ4v) is 5.96. The predicted molar refractivity (Wildman–Crippen MR) is 115 cm³/mol. The molecule has 0 N–H and O–H groups in total. The van der Waals surface area contributed by atoms with Crippen LogP contribution < -0.4 is 0 Å². The summed E-state index contributed by atoms with van der Waals surface area (Å²) in [5, 5.41) is 8.56. The van der Waals surface area contributed by atoms with Crippen LogP contribution in [-0.2, 0) is 10.0 Å². The zero-order valence-electron chi connectivity index (χ0n) is 16.2. The predicted octanol–water partition coefficient (Wildman–Crippen LogP) is 4.11. The van der Waals surface area contributed by atoms with Crippen molar-refractivity contribution in [1.82, 2.24) is 19.4 Å². The molecule has 30 heavy (non-hydrogen) atoms. The van der Waals surface area contributed by atoms with Gasteiger partial charge in [-0.15, -0.1) is 10.2 Å². The fourth-order valence-electron chi connectivity index (χ4n) is 3.45. The molecule has 1 unspecified atom stereocenters. The van der Waals surface area contributed by atoms with Gasteiger partial charge in [-0.1, -0.05) is 47.5 Å². The van der Waals surface area contributed by atoms with Crippen molar-refractivity contribution >= 4 is 33.2 Å². The van der Waals surface area contributed by atoms with Crippen LogP contribution in [0.25, 0.3) is 11.5 Å². The Balaban J connectivity index is 1.45. The van der Waals surface area contributed by atoms with Gasteiger partial charge in [0.25, 0.3) is 0 Å². The summed E-state index contributed by atoms with van der Waals surface area (Å²) in [4.78, 5) is 2.07. The van der Waals surface area contributed by atoms with Gasteiger partial charge in [0, 0.05) is 31.7 Å². The minimum atomic E-state index is -3.78. The highest BCUT2D eigenvalue weighted by Crippen LogP contribution is 2.32. The molecule has 1 saturated heterocycles. The highest BCUT2D eigenvalue weighted by molar-refractivity contribution is 7.89. The Bertz CT molecular complexity index is 1110. The van der Waals surface area contributed by atoms with Crippen molar-refractivity contribution in [3.8, 4) is 11.5 Å². The summed E-state index contributed by atoms with van der Waals surface area (Å²) in [5.41, 5.74) is 0.857. The summed E-state index contributed by atoms with van der Waals surface area (Å²) < 4.78 is 33.3. The Morgan fingerprint density at radius 3 is 2.20 bits per heavy atom. The molecule has 10 heteroatoms. The number of halogens is 2. The van der Waals surface area contributed by atoms with Crippen molar-refractivity contribution in [3.63, 3.8) is 0 Å². The molecule has 1 fully saturated rings. The number of nitrogens with zero attached hydrogens (tertiary/aromatic N) is 4. The van der Waals surface area contributed by atoms with Crippen molar-refractivity contribution in [2.75, 3.05) is 26.2 Å². The number of hydrogen-bond donors (Lipinski definition) is 0. The molecular formula is C20H20Cl2N4O3S. The van der Waals surface area contributed by atoms with Crippen molar-refractivity contribution in [2.24, 2.45) is 0 Å². The average Bonchev–Trinajstić information content (AvgIpc) is 3.24. The number of aromatic nitrogens is 2. The lowest BCUT2D eigenvalue weighted by atomic mass is 10.2. The molecule has 1 aliphatic heterocycles. The summed E-state index contributed by atoms with van der Waals surface area (Å²) in [7, 11) is -3.78. The lowest BCUT2D eigenvalue weighted by molar-refractivity contribution is 0.129. The van der Waals surface area contributed by atoms with Gasteiger partial charge in [0.05, 0.1) is 16.1 Å². The van der Waals surface area contributed by atoms with Crippen LogP contribution in [-0.4, -0.2) is 54.0 Å². The van der Waals surface area contributed by atoms with Crippen LogP contribution in [0.5, 0.6) is 0 Å². The summed E-state index contributed by atoms with van der Waals surface area (Å²) in [6.07, 6.45) is 0. The number of piperazine rings is 1. The molecule has 4 rings (SSSR count). The number of rotatable bonds is 5. The average molecular weight is 467 g/mol. The van der Waals surface area contributed by atoms with Crippen LogP contribution in [0.15, 0.2) is 57.8 Å². The van der Waals surface area contributed by atoms with Gasteiger partial charge in [-0.05, 0) is 31.2 Å². The molecule has 0 radical (unpaired) electrons. The molecule has 1 atom stereocenters. The van der Waals surface area contributed by atoms with E-state index in [4.69, 9.17) is 27.6 Å². The van der Waals surface area contributed by atoms with E-state index in [-0.39, 0.29) is 21.0 Å². The van der Waals surface area contributed by atoms with E-state index in [0.717, 1.165) is 5.56 Å². The summed E-state index contributed by atoms with van der Waals surface area (Å²) in [6.45, 7) is 3.64. The first kappa shape index (κ1) is 21.3. The third kappa shape index (κ3) is 4.10. The Kier molecular flexibility index (Phi) is 6.13. The van der Waals surface area contributed by atoms with Crippen LogP contribution in [0.1, 0.15) is 18.9 Å². The summed E-state index contributed by atoms with van der Waals surface area (Å²) in [5.74, 6) is 0.964. The van der Waals surface area contributed by atoms with Gasteiger partial charge < -0.3 is 4.42 Å². The fraction of sp³-hybridized carbons (Fsp3) is 0.300. The summed E-state index contributed by atoms with van der Waals surface area (Å²) in [6, 6.07) is 14.1. The SMILES string of the molecule is CC(c1nnc(-c2ccccc2)o1)N1CCN(S(=O)(=O)c2c(Cl)cccc2Cl)CC1. The second-order valence-electron chi connectivity index (χ2n) is 6.98. The van der Waals surface area contributed by atoms with E-state index in [2.05, 4.69) is 15.1 Å². The maximum absolute atomic E-state index is 13.0. The van der Waals surface area contributed by atoms with Gasteiger partial charge >= 0.3 is 0 Å². The molecule has 0 aliphatic carbocycles. The van der Waals surface area contributed by atoms with Crippen LogP contribution in [0.4, 0.5) is 0 Å². The van der Waals surface area contributed by atoms with Gasteiger partial charge in [-0.25, -0.2) is 8.42 Å². The monoisotopic (exact) mass is 466 g/mol. The Morgan fingerprint density at radius 2 is 1.57 bits per heavy atom. The second kappa shape index (κ2) is 8.64. The van der Waals surface area contributed by atoms with Gasteiger partial charge in [0.2, 0.25) is 21.8 Å². The molecule has 0 bridgehead atoms. The molecule has 0 spiro atoms. The maximum Gasteiger partial charge on any atom is 0.247 e. The van der Waals surface area contributed by atoms with Crippen LogP contribution >= 0.6 is 23.2 Å². The first-order valence-electron chi connectivity index (χ1n) is 9.45. The number of benzene rings is 2. The molecule has 3 aromatic rings. The number of sulfonamides is 1. The smallest absolute Gasteiger partial charge is 0.247 e. The molecule has 0 amide bonds. The molecule has 7 nitrogen and oxygen atoms in total. The highest BCUT2D eigenvalue weighted by Gasteiger charge is 2.34. The highest BCUT2D eigenvalue weighted by atomic mass is 35.5. The lowest BCUT2D eigenvalue weighted by Crippen LogP contribution is -2.49. The van der Waals surface area contributed by atoms with Crippen LogP contribution in [0, 0.1) is 0 Å². The minimum absolute atomic E-state index is 0.0424. The zero-order valence-corrected chi connectivity index (χ0v) is 18.5. The Hall–Kier alpha value is -1.97. The van der Waals surface area contributed by atoms with Crippen molar-refractivity contribution in [1.29, 1.82) is 0 Å². The third-order valence-electron chi connectivity index (χ3n) is 5.16. The first-order valence-corrected chi connectivity index (χ1v) is 11.6. The van der Waals surface area contributed by atoms with E-state index in [0.29, 0.717) is 38.0 Å². The quantitative estimate of drug-likeness (QED) is 0.562. The van der Waals surface area contributed by atoms with E-state index in [1.54, 1.807) is 6.07 Å². The van der Waals surface area contributed by atoms with Gasteiger partial charge in [-0.2, -0.15) is 4.31 Å². The van der Waals surface area contributed by atoms with E-state index >= 15 is 0 Å². The topological polar surface area (TPSA) is 79.5 Å². The molecule has 1 aromatic heterocycles. The molecule has 158 valence electrons. The number of hydrogen-bond acceptors (Lipinski definition) is 6. The third-order valence-corrected chi connectivity index (χ3v) is 8.01. The largest absolute Gasteiger partial charge is 0.419 e. The first-order chi connectivity index (χ1) is 14.4. The minimum Gasteiger partial charge on any atom is -0.419 e. The summed E-state index contributed by atoms with van der Waals surface area (Å²) >= 11 is 12.2. The zero-order chi connectivity index (χ0) is 21.3. The van der Waals surface area contributed by atoms with Crippen LogP contribution in [0.2, 0.25) is 10.0 Å². The van der Waals surface area contributed by atoms with Crippen molar-refractivity contribution in [3.05, 3.63) is 64.5 Å². The van der Waals surface area contributed by atoms with E-state index in [1.807, 2.05) is 37.3 Å². The lowest BCUT2D eigenvalue weighted by Gasteiger charge is -2.36. The molecular weight excluding hydrogens is 447 g/mol. The maximum atomic E-state index is 13.0. The molecule has 0 saturated carbocycles. The molecule has 1 aliphatic rings. The van der Waals surface area contributed by atoms with E-state index in [1.165, 1.54) is 16.4 Å². The van der Waals surface area contributed by atoms with Gasteiger partial charge in [0.1, 0.15) is 4.90 Å². The normalized spacial score (nSPS) is 17.2.